The van der Waals surface area contributed by atoms with Gasteiger partial charge in [-0.3, -0.25) is 0 Å². The number of rotatable bonds is 5. The van der Waals surface area contributed by atoms with Gasteiger partial charge in [-0.05, 0) is 45.0 Å². The summed E-state index contributed by atoms with van der Waals surface area (Å²) in [7, 11) is -2.96. The highest BCUT2D eigenvalue weighted by atomic mass is 28.3. The second kappa shape index (κ2) is 8.00. The zero-order chi connectivity index (χ0) is 23.0. The summed E-state index contributed by atoms with van der Waals surface area (Å²) in [5.41, 5.74) is 0.711. The van der Waals surface area contributed by atoms with Crippen LogP contribution in [0.15, 0.2) is 103 Å². The van der Waals surface area contributed by atoms with Crippen molar-refractivity contribution in [2.45, 2.75) is 0 Å². The van der Waals surface area contributed by atoms with Crippen LogP contribution in [0.1, 0.15) is 31.1 Å². The van der Waals surface area contributed by atoms with Gasteiger partial charge in [0.1, 0.15) is 0 Å². The Labute approximate surface area is 190 Å². The van der Waals surface area contributed by atoms with Crippen LogP contribution < -0.4 is 20.7 Å². The number of fused-ring (bicyclic) bond motifs is 1. The van der Waals surface area contributed by atoms with E-state index < -0.39 is 26.0 Å². The van der Waals surface area contributed by atoms with E-state index >= 15 is 0 Å². The quantitative estimate of drug-likeness (QED) is 0.218. The summed E-state index contributed by atoms with van der Waals surface area (Å²) in [6, 6.07) is 32.2. The molecule has 0 saturated heterocycles. The number of carbonyl (C=O) groups is 3. The van der Waals surface area contributed by atoms with E-state index in [-0.39, 0.29) is 16.7 Å². The lowest BCUT2D eigenvalue weighted by molar-refractivity contribution is 0.0443. The highest BCUT2D eigenvalue weighted by Crippen LogP contribution is 2.20. The molecule has 5 nitrogen and oxygen atoms in total. The van der Waals surface area contributed by atoms with Gasteiger partial charge in [-0.25, -0.2) is 14.4 Å². The van der Waals surface area contributed by atoms with E-state index in [0.717, 1.165) is 20.7 Å². The number of hydrogen-bond acceptors (Lipinski definition) is 4. The fourth-order valence-electron chi connectivity index (χ4n) is 4.56. The van der Waals surface area contributed by atoms with Crippen molar-refractivity contribution in [1.29, 1.82) is 0 Å². The third kappa shape index (κ3) is 3.28. The molecule has 0 aromatic heterocycles. The number of carboxylic acid groups (broad SMARTS) is 1. The number of benzene rings is 4. The number of cyclic esters (lactones) is 2. The first-order valence-electron chi connectivity index (χ1n) is 10.4. The van der Waals surface area contributed by atoms with Crippen molar-refractivity contribution in [2.75, 3.05) is 0 Å². The van der Waals surface area contributed by atoms with Crippen molar-refractivity contribution < 1.29 is 24.2 Å². The smallest absolute Gasteiger partial charge is 0.346 e. The summed E-state index contributed by atoms with van der Waals surface area (Å²) in [6.07, 6.45) is 0. The van der Waals surface area contributed by atoms with Gasteiger partial charge >= 0.3 is 17.9 Å². The third-order valence-corrected chi connectivity index (χ3v) is 10.8. The summed E-state index contributed by atoms with van der Waals surface area (Å²) < 4.78 is 4.83. The van der Waals surface area contributed by atoms with Crippen molar-refractivity contribution in [2.24, 2.45) is 0 Å². The molecule has 1 heterocycles. The first-order chi connectivity index (χ1) is 16.0. The van der Waals surface area contributed by atoms with Gasteiger partial charge in [0.25, 0.3) is 0 Å². The molecule has 0 bridgehead atoms. The zero-order valence-electron chi connectivity index (χ0n) is 17.4. The number of esters is 2. The first kappa shape index (κ1) is 20.6. The molecule has 4 aromatic rings. The molecule has 0 atom stereocenters. The molecular weight excluding hydrogens is 432 g/mol. The van der Waals surface area contributed by atoms with Crippen LogP contribution >= 0.6 is 0 Å². The Morgan fingerprint density at radius 2 is 1.09 bits per heavy atom. The van der Waals surface area contributed by atoms with Gasteiger partial charge in [-0.2, -0.15) is 0 Å². The molecule has 160 valence electrons. The Morgan fingerprint density at radius 3 is 1.64 bits per heavy atom. The Hall–Kier alpha value is -4.29. The van der Waals surface area contributed by atoms with Gasteiger partial charge in [0, 0.05) is 0 Å². The normalized spacial score (nSPS) is 12.8. The second-order valence-corrected chi connectivity index (χ2v) is 11.6. The summed E-state index contributed by atoms with van der Waals surface area (Å²) >= 11 is 0. The van der Waals surface area contributed by atoms with Crippen LogP contribution in [-0.4, -0.2) is 31.1 Å². The molecule has 0 saturated carbocycles. The monoisotopic (exact) mass is 450 g/mol. The van der Waals surface area contributed by atoms with E-state index in [1.807, 2.05) is 54.6 Å². The Bertz CT molecular complexity index is 1340. The van der Waals surface area contributed by atoms with Crippen LogP contribution in [0.4, 0.5) is 0 Å². The summed E-state index contributed by atoms with van der Waals surface area (Å²) in [5, 5.41) is 13.4. The van der Waals surface area contributed by atoms with Crippen molar-refractivity contribution in [1.82, 2.24) is 0 Å². The minimum atomic E-state index is -2.96. The molecule has 0 amide bonds. The zero-order valence-corrected chi connectivity index (χ0v) is 18.4. The number of carbonyl (C=O) groups excluding carboxylic acids is 2. The SMILES string of the molecule is O=C(O)c1ccc([Si](c2ccccc2)(c2ccccc2)c2ccc3c(c2)C(=O)OC3=O)cc1. The molecule has 0 unspecified atom stereocenters. The van der Waals surface area contributed by atoms with Crippen LogP contribution in [0.2, 0.25) is 0 Å². The van der Waals surface area contributed by atoms with Crippen LogP contribution in [-0.2, 0) is 4.74 Å². The molecule has 1 aliphatic heterocycles. The number of carboxylic acids is 1. The molecule has 1 aliphatic rings. The van der Waals surface area contributed by atoms with E-state index in [0.29, 0.717) is 0 Å². The van der Waals surface area contributed by atoms with E-state index in [1.165, 1.54) is 0 Å². The van der Waals surface area contributed by atoms with Crippen LogP contribution in [0.5, 0.6) is 0 Å². The predicted molar refractivity (Wildman–Crippen MR) is 127 cm³/mol. The fourth-order valence-corrected chi connectivity index (χ4v) is 9.30. The summed E-state index contributed by atoms with van der Waals surface area (Å²) in [4.78, 5) is 35.9. The standard InChI is InChI=1S/C27H18O5Si/c28-25(29)18-11-13-21(14-12-18)33(19-7-3-1-4-8-19,20-9-5-2-6-10-20)22-15-16-23-24(17-22)27(31)32-26(23)30/h1-17H,(H,28,29). The largest absolute Gasteiger partial charge is 0.478 e. The molecule has 1 N–H and O–H groups in total. The lowest BCUT2D eigenvalue weighted by Gasteiger charge is -2.34. The van der Waals surface area contributed by atoms with Crippen molar-refractivity contribution in [3.63, 3.8) is 0 Å². The van der Waals surface area contributed by atoms with E-state index in [2.05, 4.69) is 24.3 Å². The van der Waals surface area contributed by atoms with Gasteiger partial charge in [0.05, 0.1) is 16.7 Å². The maximum Gasteiger partial charge on any atom is 0.346 e. The van der Waals surface area contributed by atoms with Crippen LogP contribution in [0.3, 0.4) is 0 Å². The molecule has 4 aromatic carbocycles. The van der Waals surface area contributed by atoms with Gasteiger partial charge in [-0.1, -0.05) is 78.9 Å². The topological polar surface area (TPSA) is 80.7 Å². The Balaban J connectivity index is 1.87. The highest BCUT2D eigenvalue weighted by molar-refractivity contribution is 7.19. The van der Waals surface area contributed by atoms with E-state index in [4.69, 9.17) is 4.74 Å². The maximum absolute atomic E-state index is 12.4. The average molecular weight is 451 g/mol. The van der Waals surface area contributed by atoms with E-state index in [1.54, 1.807) is 24.3 Å². The molecule has 0 spiro atoms. The molecule has 0 radical (unpaired) electrons. The third-order valence-electron chi connectivity index (χ3n) is 6.06. The summed E-state index contributed by atoms with van der Waals surface area (Å²) in [5.74, 6) is -2.28. The number of ether oxygens (including phenoxy) is 1. The van der Waals surface area contributed by atoms with Crippen molar-refractivity contribution >= 4 is 46.7 Å². The summed E-state index contributed by atoms with van der Waals surface area (Å²) in [6.45, 7) is 0. The van der Waals surface area contributed by atoms with Crippen LogP contribution in [0.25, 0.3) is 0 Å². The average Bonchev–Trinajstić information content (AvgIpc) is 3.14. The molecule has 0 fully saturated rings. The predicted octanol–water partition coefficient (Wildman–Crippen LogP) is 2.07. The van der Waals surface area contributed by atoms with Gasteiger partial charge in [0.2, 0.25) is 0 Å². The molecule has 6 heteroatoms. The minimum absolute atomic E-state index is 0.200. The number of hydrogen-bond donors (Lipinski definition) is 1. The van der Waals surface area contributed by atoms with Crippen molar-refractivity contribution in [3.8, 4) is 0 Å². The molecule has 0 aliphatic carbocycles. The van der Waals surface area contributed by atoms with Gasteiger partial charge in [0.15, 0.2) is 8.07 Å². The molecule has 33 heavy (non-hydrogen) atoms. The van der Waals surface area contributed by atoms with Gasteiger partial charge in [-0.15, -0.1) is 0 Å². The lowest BCUT2D eigenvalue weighted by Crippen LogP contribution is -2.74. The van der Waals surface area contributed by atoms with E-state index in [9.17, 15) is 19.5 Å². The Kier molecular flexibility index (Phi) is 4.99. The Morgan fingerprint density at radius 1 is 0.606 bits per heavy atom. The lowest BCUT2D eigenvalue weighted by atomic mass is 10.1. The minimum Gasteiger partial charge on any atom is -0.478 e. The number of aromatic carboxylic acids is 1. The van der Waals surface area contributed by atoms with Crippen molar-refractivity contribution in [3.05, 3.63) is 120 Å². The molecular formula is C27H18O5Si. The van der Waals surface area contributed by atoms with Crippen LogP contribution in [0, 0.1) is 0 Å². The first-order valence-corrected chi connectivity index (χ1v) is 12.4. The maximum atomic E-state index is 12.4. The second-order valence-electron chi connectivity index (χ2n) is 7.80. The fraction of sp³-hybridized carbons (Fsp3) is 0. The van der Waals surface area contributed by atoms with Gasteiger partial charge < -0.3 is 9.84 Å². The highest BCUT2D eigenvalue weighted by Gasteiger charge is 2.43. The molecule has 5 rings (SSSR count).